The predicted molar refractivity (Wildman–Crippen MR) is 62.4 cm³/mol. The summed E-state index contributed by atoms with van der Waals surface area (Å²) >= 11 is 14.9. The van der Waals surface area contributed by atoms with Crippen LogP contribution in [0.4, 0.5) is 0 Å². The van der Waals surface area contributed by atoms with Crippen molar-refractivity contribution < 1.29 is 4.52 Å². The summed E-state index contributed by atoms with van der Waals surface area (Å²) in [5.74, 6) is 1.03. The first-order chi connectivity index (χ1) is 7.20. The molecule has 0 unspecified atom stereocenters. The third-order valence-corrected chi connectivity index (χ3v) is 2.98. The molecule has 6 heteroatoms. The topological polar surface area (TPSA) is 38.9 Å². The molecular weight excluding hydrogens is 303 g/mol. The summed E-state index contributed by atoms with van der Waals surface area (Å²) in [5, 5.41) is 5.32. The molecule has 0 amide bonds. The van der Waals surface area contributed by atoms with Gasteiger partial charge < -0.3 is 4.52 Å². The van der Waals surface area contributed by atoms with Crippen molar-refractivity contribution in [3.05, 3.63) is 34.1 Å². The largest absolute Gasteiger partial charge is 0.338 e. The van der Waals surface area contributed by atoms with Crippen molar-refractivity contribution in [1.82, 2.24) is 10.1 Å². The molecule has 2 rings (SSSR count). The van der Waals surface area contributed by atoms with Gasteiger partial charge >= 0.3 is 0 Å². The number of halogens is 3. The van der Waals surface area contributed by atoms with E-state index in [1.807, 2.05) is 0 Å². The van der Waals surface area contributed by atoms with E-state index in [2.05, 4.69) is 26.1 Å². The van der Waals surface area contributed by atoms with Gasteiger partial charge in [-0.3, -0.25) is 0 Å². The third-order valence-electron chi connectivity index (χ3n) is 1.76. The Morgan fingerprint density at radius 3 is 2.67 bits per heavy atom. The van der Waals surface area contributed by atoms with E-state index in [0.717, 1.165) is 5.56 Å². The zero-order chi connectivity index (χ0) is 10.8. The van der Waals surface area contributed by atoms with Gasteiger partial charge in [0.2, 0.25) is 11.7 Å². The summed E-state index contributed by atoms with van der Waals surface area (Å²) in [6, 6.07) is 5.19. The van der Waals surface area contributed by atoms with Crippen LogP contribution in [0.25, 0.3) is 11.4 Å². The zero-order valence-corrected chi connectivity index (χ0v) is 10.5. The summed E-state index contributed by atoms with van der Waals surface area (Å²) in [6.07, 6.45) is 0. The molecule has 0 atom stereocenters. The van der Waals surface area contributed by atoms with E-state index in [1.54, 1.807) is 18.2 Å². The van der Waals surface area contributed by atoms with E-state index >= 15 is 0 Å². The van der Waals surface area contributed by atoms with Gasteiger partial charge in [0.1, 0.15) is 0 Å². The van der Waals surface area contributed by atoms with E-state index < -0.39 is 0 Å². The molecule has 0 spiro atoms. The number of rotatable bonds is 2. The molecule has 0 aliphatic heterocycles. The number of benzene rings is 1. The summed E-state index contributed by atoms with van der Waals surface area (Å²) in [7, 11) is 0. The highest BCUT2D eigenvalue weighted by Gasteiger charge is 2.08. The number of aromatic nitrogens is 2. The Morgan fingerprint density at radius 2 is 2.07 bits per heavy atom. The minimum absolute atomic E-state index is 0.472. The third kappa shape index (κ3) is 2.33. The molecule has 0 N–H and O–H groups in total. The summed E-state index contributed by atoms with van der Waals surface area (Å²) in [6.45, 7) is 0. The lowest BCUT2D eigenvalue weighted by molar-refractivity contribution is 0.392. The van der Waals surface area contributed by atoms with Crippen molar-refractivity contribution in [2.75, 3.05) is 0 Å². The highest BCUT2D eigenvalue weighted by Crippen LogP contribution is 2.27. The highest BCUT2D eigenvalue weighted by molar-refractivity contribution is 9.08. The van der Waals surface area contributed by atoms with E-state index in [-0.39, 0.29) is 0 Å². The van der Waals surface area contributed by atoms with Gasteiger partial charge in [-0.15, -0.1) is 0 Å². The highest BCUT2D eigenvalue weighted by atomic mass is 79.9. The van der Waals surface area contributed by atoms with Crippen molar-refractivity contribution in [3.8, 4) is 11.4 Å². The summed E-state index contributed by atoms with van der Waals surface area (Å²) < 4.78 is 4.95. The Morgan fingerprint density at radius 1 is 1.27 bits per heavy atom. The minimum atomic E-state index is 0.472. The zero-order valence-electron chi connectivity index (χ0n) is 7.38. The Balaban J connectivity index is 2.40. The van der Waals surface area contributed by atoms with Gasteiger partial charge in [-0.05, 0) is 18.2 Å². The number of hydrogen-bond acceptors (Lipinski definition) is 3. The van der Waals surface area contributed by atoms with Gasteiger partial charge in [-0.2, -0.15) is 4.98 Å². The second kappa shape index (κ2) is 4.51. The second-order valence-electron chi connectivity index (χ2n) is 2.77. The lowest BCUT2D eigenvalue weighted by atomic mass is 10.2. The molecule has 0 aliphatic rings. The summed E-state index contributed by atoms with van der Waals surface area (Å²) in [5.41, 5.74) is 0.778. The number of nitrogens with zero attached hydrogens (tertiary/aromatic N) is 2. The molecule has 0 aliphatic carbocycles. The number of alkyl halides is 1. The Kier molecular flexibility index (Phi) is 3.29. The lowest BCUT2D eigenvalue weighted by Gasteiger charge is -1.97. The first-order valence-electron chi connectivity index (χ1n) is 4.04. The second-order valence-corrected chi connectivity index (χ2v) is 4.15. The Hall–Kier alpha value is -0.580. The molecule has 1 aromatic heterocycles. The van der Waals surface area contributed by atoms with Gasteiger partial charge in [0, 0.05) is 5.56 Å². The van der Waals surface area contributed by atoms with Crippen LogP contribution in [0.5, 0.6) is 0 Å². The van der Waals surface area contributed by atoms with Crippen molar-refractivity contribution in [2.24, 2.45) is 0 Å². The van der Waals surface area contributed by atoms with E-state index in [0.29, 0.717) is 27.1 Å². The molecule has 3 nitrogen and oxygen atoms in total. The van der Waals surface area contributed by atoms with Gasteiger partial charge in [0.05, 0.1) is 15.4 Å². The maximum absolute atomic E-state index is 5.88. The quantitative estimate of drug-likeness (QED) is 0.789. The van der Waals surface area contributed by atoms with Gasteiger partial charge in [-0.1, -0.05) is 44.3 Å². The Labute approximate surface area is 105 Å². The molecule has 0 fully saturated rings. The fourth-order valence-electron chi connectivity index (χ4n) is 1.06. The normalized spacial score (nSPS) is 10.6. The van der Waals surface area contributed by atoms with Gasteiger partial charge in [-0.25, -0.2) is 0 Å². The van der Waals surface area contributed by atoms with Crippen LogP contribution in [0.15, 0.2) is 22.7 Å². The van der Waals surface area contributed by atoms with Crippen molar-refractivity contribution >= 4 is 39.1 Å². The van der Waals surface area contributed by atoms with Gasteiger partial charge in [0.25, 0.3) is 0 Å². The average molecular weight is 308 g/mol. The average Bonchev–Trinajstić information content (AvgIpc) is 2.70. The lowest BCUT2D eigenvalue weighted by Crippen LogP contribution is -1.81. The Bertz CT molecular complexity index is 487. The minimum Gasteiger partial charge on any atom is -0.338 e. The molecule has 0 bridgehead atoms. The molecule has 0 radical (unpaired) electrons. The van der Waals surface area contributed by atoms with E-state index in [4.69, 9.17) is 27.7 Å². The van der Waals surface area contributed by atoms with Gasteiger partial charge in [0.15, 0.2) is 0 Å². The van der Waals surface area contributed by atoms with Crippen LogP contribution in [0.1, 0.15) is 5.89 Å². The fourth-order valence-corrected chi connectivity index (χ4v) is 1.59. The molecule has 1 aromatic carbocycles. The SMILES string of the molecule is Clc1ccc(-c2noc(CBr)n2)cc1Cl. The summed E-state index contributed by atoms with van der Waals surface area (Å²) in [4.78, 5) is 4.14. The maximum atomic E-state index is 5.88. The molecule has 0 saturated carbocycles. The maximum Gasteiger partial charge on any atom is 0.237 e. The monoisotopic (exact) mass is 306 g/mol. The molecule has 1 heterocycles. The predicted octanol–water partition coefficient (Wildman–Crippen LogP) is 3.94. The molecule has 0 saturated heterocycles. The van der Waals surface area contributed by atoms with E-state index in [9.17, 15) is 0 Å². The van der Waals surface area contributed by atoms with Crippen LogP contribution >= 0.6 is 39.1 Å². The van der Waals surface area contributed by atoms with Crippen molar-refractivity contribution in [2.45, 2.75) is 5.33 Å². The van der Waals surface area contributed by atoms with Crippen LogP contribution < -0.4 is 0 Å². The molecular formula is C9H5BrCl2N2O. The van der Waals surface area contributed by atoms with Crippen LogP contribution in [-0.4, -0.2) is 10.1 Å². The smallest absolute Gasteiger partial charge is 0.237 e. The van der Waals surface area contributed by atoms with Crippen LogP contribution in [0, 0.1) is 0 Å². The van der Waals surface area contributed by atoms with Crippen LogP contribution in [-0.2, 0) is 5.33 Å². The molecule has 2 aromatic rings. The number of hydrogen-bond donors (Lipinski definition) is 0. The standard InChI is InChI=1S/C9H5BrCl2N2O/c10-4-8-13-9(14-15-8)5-1-2-6(11)7(12)3-5/h1-3H,4H2. The first kappa shape index (κ1) is 10.9. The van der Waals surface area contributed by atoms with Crippen LogP contribution in [0.2, 0.25) is 10.0 Å². The molecule has 78 valence electrons. The first-order valence-corrected chi connectivity index (χ1v) is 5.92. The van der Waals surface area contributed by atoms with E-state index in [1.165, 1.54) is 0 Å². The van der Waals surface area contributed by atoms with Crippen LogP contribution in [0.3, 0.4) is 0 Å². The van der Waals surface area contributed by atoms with Crippen molar-refractivity contribution in [3.63, 3.8) is 0 Å². The molecule has 15 heavy (non-hydrogen) atoms. The fraction of sp³-hybridized carbons (Fsp3) is 0.111. The van der Waals surface area contributed by atoms with Crippen molar-refractivity contribution in [1.29, 1.82) is 0 Å².